The fourth-order valence-corrected chi connectivity index (χ4v) is 6.29. The minimum atomic E-state index is -4.68. The number of unbranched alkanes of at least 4 members (excludes halogenated alkanes) is 26. The monoisotopic (exact) mass is 648 g/mol. The SMILES string of the molecule is CCCCCCCCCCCCCCCCCCCCCC(=O)N[C@@H](COP(=O)(O)O)[C@H](O)CCCCCCCCCCC. The van der Waals surface area contributed by atoms with Crippen molar-refractivity contribution >= 4 is 13.7 Å². The number of carbonyl (C=O) groups is 1. The molecule has 4 N–H and O–H groups in total. The smallest absolute Gasteiger partial charge is 0.391 e. The van der Waals surface area contributed by atoms with Crippen LogP contribution in [-0.4, -0.2) is 39.6 Å². The van der Waals surface area contributed by atoms with Crippen LogP contribution in [0.2, 0.25) is 0 Å². The van der Waals surface area contributed by atoms with E-state index in [-0.39, 0.29) is 5.91 Å². The van der Waals surface area contributed by atoms with Crippen LogP contribution in [0.15, 0.2) is 0 Å². The van der Waals surface area contributed by atoms with E-state index >= 15 is 0 Å². The Hall–Kier alpha value is -0.460. The van der Waals surface area contributed by atoms with E-state index in [9.17, 15) is 14.5 Å². The molecule has 0 unspecified atom stereocenters. The Morgan fingerprint density at radius 2 is 0.886 bits per heavy atom. The van der Waals surface area contributed by atoms with Crippen molar-refractivity contribution in [1.29, 1.82) is 0 Å². The van der Waals surface area contributed by atoms with E-state index in [0.717, 1.165) is 38.5 Å². The third kappa shape index (κ3) is 32.9. The van der Waals surface area contributed by atoms with Crippen molar-refractivity contribution in [3.63, 3.8) is 0 Å². The molecular formula is C36H74NO6P. The van der Waals surface area contributed by atoms with Crippen molar-refractivity contribution in [3.05, 3.63) is 0 Å². The van der Waals surface area contributed by atoms with Crippen LogP contribution in [0.1, 0.15) is 206 Å². The van der Waals surface area contributed by atoms with Crippen LogP contribution in [0.5, 0.6) is 0 Å². The maximum atomic E-state index is 12.5. The van der Waals surface area contributed by atoms with Gasteiger partial charge in [0.25, 0.3) is 0 Å². The summed E-state index contributed by atoms with van der Waals surface area (Å²) < 4.78 is 15.9. The van der Waals surface area contributed by atoms with Crippen molar-refractivity contribution in [1.82, 2.24) is 5.32 Å². The normalized spacial score (nSPS) is 13.3. The number of phosphoric acid groups is 1. The van der Waals surface area contributed by atoms with Gasteiger partial charge in [0.2, 0.25) is 5.91 Å². The molecule has 0 aromatic carbocycles. The second kappa shape index (κ2) is 32.5. The molecule has 2 atom stereocenters. The third-order valence-corrected chi connectivity index (χ3v) is 9.33. The van der Waals surface area contributed by atoms with Gasteiger partial charge in [-0.3, -0.25) is 9.32 Å². The average molecular weight is 648 g/mol. The quantitative estimate of drug-likeness (QED) is 0.0402. The lowest BCUT2D eigenvalue weighted by Gasteiger charge is -2.24. The lowest BCUT2D eigenvalue weighted by molar-refractivity contribution is -0.123. The van der Waals surface area contributed by atoms with E-state index in [0.29, 0.717) is 12.8 Å². The van der Waals surface area contributed by atoms with Crippen LogP contribution >= 0.6 is 7.82 Å². The van der Waals surface area contributed by atoms with Crippen LogP contribution in [0.25, 0.3) is 0 Å². The van der Waals surface area contributed by atoms with E-state index in [1.807, 2.05) is 0 Å². The molecule has 0 rings (SSSR count). The van der Waals surface area contributed by atoms with E-state index in [1.165, 1.54) is 141 Å². The number of nitrogens with one attached hydrogen (secondary N) is 1. The van der Waals surface area contributed by atoms with Gasteiger partial charge in [-0.25, -0.2) is 4.57 Å². The largest absolute Gasteiger partial charge is 0.469 e. The first-order chi connectivity index (χ1) is 21.3. The predicted octanol–water partition coefficient (Wildman–Crippen LogP) is 10.7. The summed E-state index contributed by atoms with van der Waals surface area (Å²) in [5, 5.41) is 13.4. The lowest BCUT2D eigenvalue weighted by atomic mass is 10.0. The molecule has 0 aromatic rings. The fourth-order valence-electron chi connectivity index (χ4n) is 5.93. The van der Waals surface area contributed by atoms with Gasteiger partial charge < -0.3 is 20.2 Å². The molecule has 0 heterocycles. The van der Waals surface area contributed by atoms with Gasteiger partial charge in [-0.1, -0.05) is 187 Å². The Bertz CT molecular complexity index is 659. The van der Waals surface area contributed by atoms with Crippen molar-refractivity contribution < 1.29 is 28.8 Å². The summed E-state index contributed by atoms with van der Waals surface area (Å²) in [7, 11) is -4.68. The second-order valence-corrected chi connectivity index (χ2v) is 14.5. The van der Waals surface area contributed by atoms with Gasteiger partial charge >= 0.3 is 7.82 Å². The maximum Gasteiger partial charge on any atom is 0.469 e. The van der Waals surface area contributed by atoms with Crippen LogP contribution in [0, 0.1) is 0 Å². The molecule has 1 amide bonds. The second-order valence-electron chi connectivity index (χ2n) is 13.3. The van der Waals surface area contributed by atoms with Gasteiger partial charge in [-0.15, -0.1) is 0 Å². The van der Waals surface area contributed by atoms with Crippen molar-refractivity contribution in [2.24, 2.45) is 0 Å². The molecule has 0 bridgehead atoms. The minimum Gasteiger partial charge on any atom is -0.391 e. The lowest BCUT2D eigenvalue weighted by Crippen LogP contribution is -2.46. The molecule has 264 valence electrons. The van der Waals surface area contributed by atoms with Crippen LogP contribution < -0.4 is 5.32 Å². The molecule has 0 saturated heterocycles. The Morgan fingerprint density at radius 3 is 1.23 bits per heavy atom. The Labute approximate surface area is 272 Å². The van der Waals surface area contributed by atoms with Crippen LogP contribution in [0.3, 0.4) is 0 Å². The van der Waals surface area contributed by atoms with Crippen molar-refractivity contribution in [2.45, 2.75) is 219 Å². The molecule has 0 spiro atoms. The minimum absolute atomic E-state index is 0.192. The van der Waals surface area contributed by atoms with Gasteiger partial charge in [0, 0.05) is 6.42 Å². The molecule has 7 nitrogen and oxygen atoms in total. The Morgan fingerprint density at radius 1 is 0.568 bits per heavy atom. The fraction of sp³-hybridized carbons (Fsp3) is 0.972. The highest BCUT2D eigenvalue weighted by molar-refractivity contribution is 7.46. The zero-order chi connectivity index (χ0) is 32.6. The topological polar surface area (TPSA) is 116 Å². The molecule has 0 aliphatic rings. The summed E-state index contributed by atoms with van der Waals surface area (Å²) in [5.74, 6) is -0.192. The molecule has 0 aromatic heterocycles. The molecule has 8 heteroatoms. The van der Waals surface area contributed by atoms with Crippen molar-refractivity contribution in [3.8, 4) is 0 Å². The zero-order valence-electron chi connectivity index (χ0n) is 29.1. The highest BCUT2D eigenvalue weighted by Crippen LogP contribution is 2.36. The standard InChI is InChI=1S/C36H74NO6P/c1-3-5-7-9-11-13-14-15-16-17-18-19-20-21-22-24-26-28-30-32-36(39)37-34(33-43-44(40,41)42)35(38)31-29-27-25-23-12-10-8-6-4-2/h34-35,38H,3-33H2,1-2H3,(H,37,39)(H2,40,41,42)/t34-,35+/m0/s1. The summed E-state index contributed by atoms with van der Waals surface area (Å²) in [6.07, 6.45) is 35.2. The van der Waals surface area contributed by atoms with Crippen LogP contribution in [-0.2, 0) is 13.9 Å². The molecule has 0 aliphatic carbocycles. The summed E-state index contributed by atoms with van der Waals surface area (Å²) >= 11 is 0. The van der Waals surface area contributed by atoms with Gasteiger partial charge in [0.1, 0.15) is 0 Å². The van der Waals surface area contributed by atoms with Gasteiger partial charge in [-0.05, 0) is 12.8 Å². The predicted molar refractivity (Wildman–Crippen MR) is 186 cm³/mol. The average Bonchev–Trinajstić information content (AvgIpc) is 2.99. The maximum absolute atomic E-state index is 12.5. The highest BCUT2D eigenvalue weighted by atomic mass is 31.2. The number of hydrogen-bond acceptors (Lipinski definition) is 4. The molecule has 0 saturated carbocycles. The van der Waals surface area contributed by atoms with E-state index in [1.54, 1.807) is 0 Å². The summed E-state index contributed by atoms with van der Waals surface area (Å²) in [5.41, 5.74) is 0. The van der Waals surface area contributed by atoms with Gasteiger partial charge in [0.05, 0.1) is 18.8 Å². The first kappa shape index (κ1) is 43.5. The van der Waals surface area contributed by atoms with Crippen LogP contribution in [0.4, 0.5) is 0 Å². The number of hydrogen-bond donors (Lipinski definition) is 4. The Balaban J connectivity index is 3.84. The highest BCUT2D eigenvalue weighted by Gasteiger charge is 2.25. The molecular weight excluding hydrogens is 573 g/mol. The first-order valence-electron chi connectivity index (χ1n) is 19.0. The number of carbonyl (C=O) groups excluding carboxylic acids is 1. The zero-order valence-corrected chi connectivity index (χ0v) is 30.0. The van der Waals surface area contributed by atoms with Gasteiger partial charge in [-0.2, -0.15) is 0 Å². The van der Waals surface area contributed by atoms with E-state index < -0.39 is 26.6 Å². The third-order valence-electron chi connectivity index (χ3n) is 8.84. The van der Waals surface area contributed by atoms with E-state index in [2.05, 4.69) is 23.7 Å². The van der Waals surface area contributed by atoms with E-state index in [4.69, 9.17) is 9.79 Å². The number of amides is 1. The molecule has 44 heavy (non-hydrogen) atoms. The molecule has 0 fully saturated rings. The summed E-state index contributed by atoms with van der Waals surface area (Å²) in [6.45, 7) is 4.10. The number of aliphatic hydroxyl groups excluding tert-OH is 1. The number of phosphoric ester groups is 1. The summed E-state index contributed by atoms with van der Waals surface area (Å²) in [4.78, 5) is 30.7. The van der Waals surface area contributed by atoms with Gasteiger partial charge in [0.15, 0.2) is 0 Å². The Kier molecular flexibility index (Phi) is 32.1. The number of rotatable bonds is 35. The first-order valence-corrected chi connectivity index (χ1v) is 20.5. The summed E-state index contributed by atoms with van der Waals surface area (Å²) in [6, 6.07) is -0.815. The van der Waals surface area contributed by atoms with Crippen molar-refractivity contribution in [2.75, 3.05) is 6.61 Å². The molecule has 0 aliphatic heterocycles. The molecule has 0 radical (unpaired) electrons. The number of aliphatic hydroxyl groups is 1.